The van der Waals surface area contributed by atoms with E-state index in [1.54, 1.807) is 4.68 Å². The molecule has 0 atom stereocenters. The number of aryl methyl sites for hydroxylation is 1. The zero-order chi connectivity index (χ0) is 13.1. The molecule has 18 heavy (non-hydrogen) atoms. The molecule has 0 aliphatic heterocycles. The van der Waals surface area contributed by atoms with Gasteiger partial charge in [0.1, 0.15) is 11.9 Å². The molecule has 0 radical (unpaired) electrons. The van der Waals surface area contributed by atoms with Crippen LogP contribution in [0.15, 0.2) is 12.4 Å². The van der Waals surface area contributed by atoms with Gasteiger partial charge in [-0.1, -0.05) is 12.1 Å². The van der Waals surface area contributed by atoms with Crippen LogP contribution in [0.4, 0.5) is 11.6 Å². The summed E-state index contributed by atoms with van der Waals surface area (Å²) in [4.78, 5) is 17.9. The normalized spacial score (nSPS) is 10.5. The molecular formula is C9H11N7O2. The third-order valence-electron chi connectivity index (χ3n) is 2.28. The van der Waals surface area contributed by atoms with Crippen molar-refractivity contribution in [1.82, 2.24) is 25.0 Å². The highest BCUT2D eigenvalue weighted by atomic mass is 16.6. The summed E-state index contributed by atoms with van der Waals surface area (Å²) in [5.41, 5.74) is 5.83. The van der Waals surface area contributed by atoms with Crippen molar-refractivity contribution in [3.63, 3.8) is 0 Å². The summed E-state index contributed by atoms with van der Waals surface area (Å²) < 4.78 is 1.55. The second kappa shape index (κ2) is 4.73. The van der Waals surface area contributed by atoms with Crippen molar-refractivity contribution in [2.75, 3.05) is 5.73 Å². The third kappa shape index (κ3) is 2.10. The number of hydrogen-bond donors (Lipinski definition) is 1. The van der Waals surface area contributed by atoms with Gasteiger partial charge in [-0.05, 0) is 6.42 Å². The van der Waals surface area contributed by atoms with Gasteiger partial charge < -0.3 is 5.73 Å². The van der Waals surface area contributed by atoms with Gasteiger partial charge in [-0.15, -0.1) is 5.10 Å². The predicted molar refractivity (Wildman–Crippen MR) is 62.4 cm³/mol. The number of rotatable bonds is 4. The van der Waals surface area contributed by atoms with E-state index in [2.05, 4.69) is 20.3 Å². The lowest BCUT2D eigenvalue weighted by molar-refractivity contribution is -0.384. The second-order valence-corrected chi connectivity index (χ2v) is 3.56. The fourth-order valence-corrected chi connectivity index (χ4v) is 1.53. The van der Waals surface area contributed by atoms with Crippen LogP contribution in [-0.4, -0.2) is 29.9 Å². The molecule has 0 amide bonds. The summed E-state index contributed by atoms with van der Waals surface area (Å²) in [6, 6.07) is 0. The molecule has 9 nitrogen and oxygen atoms in total. The molecule has 2 N–H and O–H groups in total. The molecule has 2 aromatic rings. The molecule has 0 aliphatic carbocycles. The van der Waals surface area contributed by atoms with Crippen molar-refractivity contribution >= 4 is 11.6 Å². The number of anilines is 1. The number of aromatic nitrogens is 5. The van der Waals surface area contributed by atoms with Crippen molar-refractivity contribution in [2.24, 2.45) is 0 Å². The van der Waals surface area contributed by atoms with Crippen LogP contribution in [0.5, 0.6) is 0 Å². The number of hydrogen-bond acceptors (Lipinski definition) is 7. The zero-order valence-electron chi connectivity index (χ0n) is 9.65. The molecule has 0 spiro atoms. The number of nitrogens with two attached hydrogens (primary N) is 1. The van der Waals surface area contributed by atoms with Gasteiger partial charge in [0.05, 0.1) is 11.1 Å². The Balaban J connectivity index is 2.58. The van der Waals surface area contributed by atoms with Gasteiger partial charge >= 0.3 is 5.69 Å². The monoisotopic (exact) mass is 249 g/mol. The molecule has 0 saturated heterocycles. The number of nitro groups is 1. The maximum absolute atomic E-state index is 10.9. The lowest BCUT2D eigenvalue weighted by atomic mass is 10.2. The van der Waals surface area contributed by atoms with Crippen molar-refractivity contribution in [2.45, 2.75) is 19.9 Å². The first-order valence-electron chi connectivity index (χ1n) is 5.29. The van der Waals surface area contributed by atoms with Gasteiger partial charge in [0.25, 0.3) is 0 Å². The van der Waals surface area contributed by atoms with Crippen LogP contribution in [-0.2, 0) is 6.54 Å². The Bertz CT molecular complexity index is 580. The minimum absolute atomic E-state index is 0.0279. The van der Waals surface area contributed by atoms with E-state index in [0.717, 1.165) is 12.6 Å². The summed E-state index contributed by atoms with van der Waals surface area (Å²) in [7, 11) is 0. The smallest absolute Gasteiger partial charge is 0.315 e. The van der Waals surface area contributed by atoms with E-state index >= 15 is 0 Å². The Hall–Kier alpha value is -2.58. The Morgan fingerprint density at radius 1 is 1.50 bits per heavy atom. The van der Waals surface area contributed by atoms with Gasteiger partial charge in [-0.3, -0.25) is 10.1 Å². The summed E-state index contributed by atoms with van der Waals surface area (Å²) in [6.07, 6.45) is 3.33. The van der Waals surface area contributed by atoms with E-state index in [9.17, 15) is 10.1 Å². The Morgan fingerprint density at radius 2 is 2.28 bits per heavy atom. The van der Waals surface area contributed by atoms with Crippen LogP contribution in [0, 0.1) is 10.1 Å². The van der Waals surface area contributed by atoms with Crippen LogP contribution >= 0.6 is 0 Å². The largest absolute Gasteiger partial charge is 0.368 e. The standard InChI is InChI=1S/C9H11N7O2/c1-2-3-15-6(5-12-14-15)8-7(16(17)18)4-11-9(10)13-8/h4-5H,2-3H2,1H3,(H2,10,11,13). The van der Waals surface area contributed by atoms with Gasteiger partial charge in [-0.2, -0.15) is 0 Å². The lowest BCUT2D eigenvalue weighted by Crippen LogP contribution is -2.06. The maximum Gasteiger partial charge on any atom is 0.315 e. The molecule has 0 aliphatic rings. The second-order valence-electron chi connectivity index (χ2n) is 3.56. The minimum atomic E-state index is -0.557. The fourth-order valence-electron chi connectivity index (χ4n) is 1.53. The van der Waals surface area contributed by atoms with E-state index in [1.165, 1.54) is 6.20 Å². The molecule has 9 heteroatoms. The van der Waals surface area contributed by atoms with E-state index in [0.29, 0.717) is 12.2 Å². The molecule has 2 heterocycles. The topological polar surface area (TPSA) is 126 Å². The highest BCUT2D eigenvalue weighted by Gasteiger charge is 2.21. The average Bonchev–Trinajstić information content (AvgIpc) is 2.77. The Labute approximate surface area is 102 Å². The van der Waals surface area contributed by atoms with Gasteiger partial charge in [0, 0.05) is 6.54 Å². The molecule has 0 bridgehead atoms. The molecular weight excluding hydrogens is 238 g/mol. The zero-order valence-corrected chi connectivity index (χ0v) is 9.65. The van der Waals surface area contributed by atoms with Crippen molar-refractivity contribution in [1.29, 1.82) is 0 Å². The summed E-state index contributed by atoms with van der Waals surface area (Å²) >= 11 is 0. The Kier molecular flexibility index (Phi) is 3.13. The fraction of sp³-hybridized carbons (Fsp3) is 0.333. The van der Waals surface area contributed by atoms with Crippen molar-refractivity contribution in [3.05, 3.63) is 22.5 Å². The summed E-state index contributed by atoms with van der Waals surface area (Å²) in [6.45, 7) is 2.56. The molecule has 2 aromatic heterocycles. The van der Waals surface area contributed by atoms with Gasteiger partial charge in [-0.25, -0.2) is 14.6 Å². The van der Waals surface area contributed by atoms with Crippen molar-refractivity contribution < 1.29 is 4.92 Å². The van der Waals surface area contributed by atoms with E-state index < -0.39 is 4.92 Å². The summed E-state index contributed by atoms with van der Waals surface area (Å²) in [5.74, 6) is -0.0279. The minimum Gasteiger partial charge on any atom is -0.368 e. The highest BCUT2D eigenvalue weighted by Crippen LogP contribution is 2.26. The number of nitrogens with zero attached hydrogens (tertiary/aromatic N) is 6. The van der Waals surface area contributed by atoms with Crippen LogP contribution in [0.3, 0.4) is 0 Å². The molecule has 0 aromatic carbocycles. The van der Waals surface area contributed by atoms with E-state index in [4.69, 9.17) is 5.73 Å². The van der Waals surface area contributed by atoms with Crippen LogP contribution in [0.2, 0.25) is 0 Å². The first kappa shape index (κ1) is 11.9. The van der Waals surface area contributed by atoms with E-state index in [-0.39, 0.29) is 17.3 Å². The molecule has 0 saturated carbocycles. The quantitative estimate of drug-likeness (QED) is 0.622. The first-order chi connectivity index (χ1) is 8.63. The van der Waals surface area contributed by atoms with E-state index in [1.807, 2.05) is 6.92 Å². The Morgan fingerprint density at radius 3 is 2.94 bits per heavy atom. The van der Waals surface area contributed by atoms with Gasteiger partial charge in [0.15, 0.2) is 5.69 Å². The van der Waals surface area contributed by atoms with Gasteiger partial charge in [0.2, 0.25) is 5.95 Å². The third-order valence-corrected chi connectivity index (χ3v) is 2.28. The predicted octanol–water partition coefficient (Wildman–Crippen LogP) is 0.635. The molecule has 2 rings (SSSR count). The maximum atomic E-state index is 10.9. The van der Waals surface area contributed by atoms with Crippen molar-refractivity contribution in [3.8, 4) is 11.4 Å². The SMILES string of the molecule is CCCn1nncc1-c1nc(N)ncc1[N+](=O)[O-]. The van der Waals surface area contributed by atoms with Crippen LogP contribution in [0.1, 0.15) is 13.3 Å². The summed E-state index contributed by atoms with van der Waals surface area (Å²) in [5, 5.41) is 18.5. The lowest BCUT2D eigenvalue weighted by Gasteiger charge is -2.04. The average molecular weight is 249 g/mol. The number of nitrogen functional groups attached to an aromatic ring is 1. The van der Waals surface area contributed by atoms with Crippen LogP contribution < -0.4 is 5.73 Å². The molecule has 0 fully saturated rings. The first-order valence-corrected chi connectivity index (χ1v) is 5.29. The highest BCUT2D eigenvalue weighted by molar-refractivity contribution is 5.66. The molecule has 0 unspecified atom stereocenters. The van der Waals surface area contributed by atoms with Crippen LogP contribution in [0.25, 0.3) is 11.4 Å². The molecule has 94 valence electrons.